The highest BCUT2D eigenvalue weighted by Gasteiger charge is 2.68. The quantitative estimate of drug-likeness (QED) is 0.726. The van der Waals surface area contributed by atoms with Crippen LogP contribution in [0, 0.1) is 28.6 Å². The lowest BCUT2D eigenvalue weighted by atomic mass is 9.45. The molecule has 2 N–H and O–H groups in total. The standard InChI is InChI=1S/C23H32O5/c1-13(24)10-19(27)23(28)9-7-17-16-5-4-14-11-15(25)6-8-21(14,2)20(16)18(26)12-22(17,23)3/h11,16-18,20,26,28H,4-10,12H2,1-3H3/t16-,17-,18-,20+,21-,22-,23-/m0/s1. The van der Waals surface area contributed by atoms with Crippen molar-refractivity contribution in [2.24, 2.45) is 28.6 Å². The summed E-state index contributed by atoms with van der Waals surface area (Å²) in [6.07, 6.45) is 5.46. The van der Waals surface area contributed by atoms with Crippen LogP contribution in [0.2, 0.25) is 0 Å². The summed E-state index contributed by atoms with van der Waals surface area (Å²) in [6.45, 7) is 5.51. The van der Waals surface area contributed by atoms with E-state index in [1.807, 2.05) is 13.0 Å². The van der Waals surface area contributed by atoms with E-state index in [0.717, 1.165) is 25.7 Å². The van der Waals surface area contributed by atoms with Crippen molar-refractivity contribution in [3.8, 4) is 0 Å². The Morgan fingerprint density at radius 2 is 1.89 bits per heavy atom. The third kappa shape index (κ3) is 2.55. The van der Waals surface area contributed by atoms with E-state index in [1.165, 1.54) is 12.5 Å². The number of allylic oxidation sites excluding steroid dienone is 1. The van der Waals surface area contributed by atoms with Crippen LogP contribution in [0.5, 0.6) is 0 Å². The lowest BCUT2D eigenvalue weighted by Gasteiger charge is -2.60. The molecular formula is C23H32O5. The van der Waals surface area contributed by atoms with Crippen molar-refractivity contribution >= 4 is 17.3 Å². The molecule has 28 heavy (non-hydrogen) atoms. The number of aliphatic hydroxyl groups excluding tert-OH is 1. The first-order chi connectivity index (χ1) is 13.0. The van der Waals surface area contributed by atoms with Gasteiger partial charge in [-0.3, -0.25) is 14.4 Å². The fourth-order valence-electron chi connectivity index (χ4n) is 7.52. The molecule has 0 saturated heterocycles. The largest absolute Gasteiger partial charge is 0.393 e. The second kappa shape index (κ2) is 6.33. The number of rotatable bonds is 3. The Bertz CT molecular complexity index is 769. The summed E-state index contributed by atoms with van der Waals surface area (Å²) >= 11 is 0. The first kappa shape index (κ1) is 20.0. The van der Waals surface area contributed by atoms with E-state index >= 15 is 0 Å². The number of aliphatic hydroxyl groups is 2. The Kier molecular flexibility index (Phi) is 4.51. The molecule has 0 aromatic heterocycles. The van der Waals surface area contributed by atoms with Gasteiger partial charge in [-0.1, -0.05) is 19.4 Å². The number of hydrogen-bond acceptors (Lipinski definition) is 5. The minimum Gasteiger partial charge on any atom is -0.393 e. The van der Waals surface area contributed by atoms with E-state index < -0.39 is 17.1 Å². The minimum absolute atomic E-state index is 0.0592. The summed E-state index contributed by atoms with van der Waals surface area (Å²) in [5, 5.41) is 22.7. The third-order valence-electron chi connectivity index (χ3n) is 8.92. The van der Waals surface area contributed by atoms with Crippen molar-refractivity contribution in [2.45, 2.75) is 83.8 Å². The molecule has 7 atom stereocenters. The summed E-state index contributed by atoms with van der Waals surface area (Å²) in [4.78, 5) is 36.3. The van der Waals surface area contributed by atoms with Crippen LogP contribution in [0.1, 0.15) is 72.1 Å². The van der Waals surface area contributed by atoms with Crippen molar-refractivity contribution in [3.05, 3.63) is 11.6 Å². The van der Waals surface area contributed by atoms with Crippen molar-refractivity contribution in [1.82, 2.24) is 0 Å². The zero-order chi connectivity index (χ0) is 20.5. The third-order valence-corrected chi connectivity index (χ3v) is 8.92. The monoisotopic (exact) mass is 388 g/mol. The van der Waals surface area contributed by atoms with Gasteiger partial charge in [0.15, 0.2) is 11.6 Å². The van der Waals surface area contributed by atoms with Crippen molar-refractivity contribution in [1.29, 1.82) is 0 Å². The van der Waals surface area contributed by atoms with Gasteiger partial charge >= 0.3 is 0 Å². The number of Topliss-reactive ketones (excluding diaryl/α,β-unsaturated/α-hetero) is 2. The van der Waals surface area contributed by atoms with Gasteiger partial charge in [0, 0.05) is 11.8 Å². The summed E-state index contributed by atoms with van der Waals surface area (Å²) in [5.41, 5.74) is -1.24. The lowest BCUT2D eigenvalue weighted by Crippen LogP contribution is -2.61. The first-order valence-corrected chi connectivity index (χ1v) is 10.7. The van der Waals surface area contributed by atoms with Crippen LogP contribution in [0.4, 0.5) is 0 Å². The Morgan fingerprint density at radius 1 is 1.18 bits per heavy atom. The summed E-state index contributed by atoms with van der Waals surface area (Å²) in [7, 11) is 0. The second-order valence-electron chi connectivity index (χ2n) is 10.3. The average Bonchev–Trinajstić information content (AvgIpc) is 2.87. The molecule has 0 amide bonds. The van der Waals surface area contributed by atoms with Crippen LogP contribution in [-0.2, 0) is 14.4 Å². The van der Waals surface area contributed by atoms with Gasteiger partial charge in [0.25, 0.3) is 0 Å². The van der Waals surface area contributed by atoms with E-state index in [1.54, 1.807) is 0 Å². The number of fused-ring (bicyclic) bond motifs is 5. The summed E-state index contributed by atoms with van der Waals surface area (Å²) in [6, 6.07) is 0. The molecule has 0 unspecified atom stereocenters. The molecule has 0 heterocycles. The highest BCUT2D eigenvalue weighted by molar-refractivity contribution is 6.02. The maximum atomic E-state index is 12.8. The number of carbonyl (C=O) groups is 3. The zero-order valence-electron chi connectivity index (χ0n) is 17.2. The number of ketones is 3. The van der Waals surface area contributed by atoms with E-state index in [2.05, 4.69) is 6.92 Å². The normalized spacial score (nSPS) is 47.6. The van der Waals surface area contributed by atoms with E-state index in [4.69, 9.17) is 0 Å². The first-order valence-electron chi connectivity index (χ1n) is 10.7. The molecular weight excluding hydrogens is 356 g/mol. The Morgan fingerprint density at radius 3 is 2.57 bits per heavy atom. The van der Waals surface area contributed by atoms with Crippen LogP contribution in [-0.4, -0.2) is 39.3 Å². The maximum Gasteiger partial charge on any atom is 0.172 e. The van der Waals surface area contributed by atoms with Gasteiger partial charge in [0.1, 0.15) is 11.4 Å². The summed E-state index contributed by atoms with van der Waals surface area (Å²) < 4.78 is 0. The van der Waals surface area contributed by atoms with Gasteiger partial charge in [-0.15, -0.1) is 0 Å². The second-order valence-corrected chi connectivity index (χ2v) is 10.3. The molecule has 0 radical (unpaired) electrons. The van der Waals surface area contributed by atoms with Gasteiger partial charge in [-0.2, -0.15) is 0 Å². The zero-order valence-corrected chi connectivity index (χ0v) is 17.2. The highest BCUT2D eigenvalue weighted by Crippen LogP contribution is 2.67. The fourth-order valence-corrected chi connectivity index (χ4v) is 7.52. The van der Waals surface area contributed by atoms with E-state index in [9.17, 15) is 24.6 Å². The van der Waals surface area contributed by atoms with Crippen LogP contribution in [0.3, 0.4) is 0 Å². The molecule has 4 rings (SSSR count). The molecule has 5 heteroatoms. The minimum atomic E-state index is -1.53. The van der Waals surface area contributed by atoms with Gasteiger partial charge in [-0.25, -0.2) is 0 Å². The smallest absolute Gasteiger partial charge is 0.172 e. The Balaban J connectivity index is 1.70. The predicted octanol–water partition coefficient (Wildman–Crippen LogP) is 2.77. The van der Waals surface area contributed by atoms with Crippen LogP contribution in [0.15, 0.2) is 11.6 Å². The fraction of sp³-hybridized carbons (Fsp3) is 0.783. The summed E-state index contributed by atoms with van der Waals surface area (Å²) in [5.74, 6) is 0.00388. The van der Waals surface area contributed by atoms with Crippen molar-refractivity contribution < 1.29 is 24.6 Å². The molecule has 0 aromatic rings. The van der Waals surface area contributed by atoms with Gasteiger partial charge in [0.2, 0.25) is 0 Å². The lowest BCUT2D eigenvalue weighted by molar-refractivity contribution is -0.180. The Labute approximate surface area is 166 Å². The SMILES string of the molecule is CC(=O)CC(=O)[C@@]1(O)CC[C@H]2[C@@H]3CCC4=CC(=O)CC[C@]4(C)[C@H]3[C@@H](O)C[C@@]21C. The molecule has 3 saturated carbocycles. The molecule has 0 aromatic carbocycles. The topological polar surface area (TPSA) is 91.7 Å². The van der Waals surface area contributed by atoms with Gasteiger partial charge in [0.05, 0.1) is 12.5 Å². The maximum absolute atomic E-state index is 12.8. The van der Waals surface area contributed by atoms with Gasteiger partial charge in [-0.05, 0) is 74.7 Å². The van der Waals surface area contributed by atoms with Crippen LogP contribution >= 0.6 is 0 Å². The van der Waals surface area contributed by atoms with E-state index in [0.29, 0.717) is 19.3 Å². The van der Waals surface area contributed by atoms with Crippen LogP contribution in [0.25, 0.3) is 0 Å². The number of hydrogen-bond donors (Lipinski definition) is 2. The molecule has 5 nitrogen and oxygen atoms in total. The van der Waals surface area contributed by atoms with E-state index in [-0.39, 0.29) is 46.9 Å². The van der Waals surface area contributed by atoms with Crippen molar-refractivity contribution in [3.63, 3.8) is 0 Å². The highest BCUT2D eigenvalue weighted by atomic mass is 16.3. The predicted molar refractivity (Wildman–Crippen MR) is 103 cm³/mol. The van der Waals surface area contributed by atoms with Crippen molar-refractivity contribution in [2.75, 3.05) is 0 Å². The molecule has 0 spiro atoms. The number of carbonyl (C=O) groups excluding carboxylic acids is 3. The average molecular weight is 389 g/mol. The molecule has 4 aliphatic rings. The molecule has 4 aliphatic carbocycles. The molecule has 154 valence electrons. The Hall–Kier alpha value is -1.33. The van der Waals surface area contributed by atoms with Gasteiger partial charge < -0.3 is 10.2 Å². The molecule has 0 bridgehead atoms. The molecule has 3 fully saturated rings. The molecule has 0 aliphatic heterocycles. The van der Waals surface area contributed by atoms with Crippen LogP contribution < -0.4 is 0 Å².